The summed E-state index contributed by atoms with van der Waals surface area (Å²) >= 11 is 11.1. The quantitative estimate of drug-likeness (QED) is 0.813. The van der Waals surface area contributed by atoms with Crippen molar-refractivity contribution < 1.29 is 9.84 Å². The monoisotopic (exact) mass is 234 g/mol. The molecule has 0 aliphatic rings. The zero-order valence-electron chi connectivity index (χ0n) is 7.78. The van der Waals surface area contributed by atoms with E-state index >= 15 is 0 Å². The first-order valence-corrected chi connectivity index (χ1v) is 5.21. The normalized spacial score (nSPS) is 12.9. The Morgan fingerprint density at radius 2 is 1.86 bits per heavy atom. The minimum Gasteiger partial charge on any atom is -0.494 e. The third kappa shape index (κ3) is 3.05. The molecular formula is C10H12Cl2O2. The largest absolute Gasteiger partial charge is 0.494 e. The molecule has 0 saturated carbocycles. The van der Waals surface area contributed by atoms with Gasteiger partial charge in [-0.2, -0.15) is 0 Å². The Morgan fingerprint density at radius 3 is 2.29 bits per heavy atom. The van der Waals surface area contributed by atoms with Crippen molar-refractivity contribution >= 4 is 23.2 Å². The van der Waals surface area contributed by atoms with Crippen LogP contribution in [0.2, 0.25) is 0 Å². The molecule has 0 bridgehead atoms. The van der Waals surface area contributed by atoms with Gasteiger partial charge in [-0.15, -0.1) is 23.2 Å². The topological polar surface area (TPSA) is 29.5 Å². The summed E-state index contributed by atoms with van der Waals surface area (Å²) in [5.74, 6) is 0.768. The molecule has 0 fully saturated rings. The Labute approximate surface area is 93.4 Å². The Bertz CT molecular complexity index is 272. The van der Waals surface area contributed by atoms with Crippen LogP contribution in [0.25, 0.3) is 0 Å². The second kappa shape index (κ2) is 5.44. The molecule has 1 aromatic rings. The smallest absolute Gasteiger partial charge is 0.137 e. The van der Waals surface area contributed by atoms with Crippen LogP contribution in [-0.2, 0) is 0 Å². The number of ether oxygens (including phenoxy) is 1. The van der Waals surface area contributed by atoms with Crippen molar-refractivity contribution in [2.45, 2.75) is 17.9 Å². The third-order valence-electron chi connectivity index (χ3n) is 1.77. The predicted octanol–water partition coefficient (Wildman–Crippen LogP) is 2.92. The Hall–Kier alpha value is -0.440. The molecule has 1 atom stereocenters. The first kappa shape index (κ1) is 11.6. The van der Waals surface area contributed by atoms with Crippen LogP contribution in [0.5, 0.6) is 5.75 Å². The molecule has 14 heavy (non-hydrogen) atoms. The Morgan fingerprint density at radius 1 is 1.29 bits per heavy atom. The minimum absolute atomic E-state index is 0.621. The summed E-state index contributed by atoms with van der Waals surface area (Å²) in [6, 6.07) is 7.04. The molecule has 78 valence electrons. The van der Waals surface area contributed by atoms with E-state index in [1.54, 1.807) is 24.3 Å². The van der Waals surface area contributed by atoms with Crippen molar-refractivity contribution in [3.05, 3.63) is 29.8 Å². The van der Waals surface area contributed by atoms with E-state index in [9.17, 15) is 5.11 Å². The van der Waals surface area contributed by atoms with Crippen LogP contribution in [0.15, 0.2) is 24.3 Å². The lowest BCUT2D eigenvalue weighted by Gasteiger charge is -2.12. The summed E-state index contributed by atoms with van der Waals surface area (Å²) in [5, 5.41) is 9.51. The number of hydrogen-bond donors (Lipinski definition) is 1. The summed E-state index contributed by atoms with van der Waals surface area (Å²) in [6.45, 7) is 2.53. The van der Waals surface area contributed by atoms with Gasteiger partial charge in [0.1, 0.15) is 16.7 Å². The zero-order valence-corrected chi connectivity index (χ0v) is 9.29. The van der Waals surface area contributed by atoms with Crippen LogP contribution < -0.4 is 4.74 Å². The number of aliphatic hydroxyl groups excluding tert-OH is 1. The first-order valence-electron chi connectivity index (χ1n) is 4.34. The molecule has 1 unspecified atom stereocenters. The maximum absolute atomic E-state index is 9.51. The molecule has 0 amide bonds. The molecule has 0 saturated heterocycles. The third-order valence-corrected chi connectivity index (χ3v) is 2.25. The number of aliphatic hydroxyl groups is 1. The van der Waals surface area contributed by atoms with E-state index in [1.165, 1.54) is 0 Å². The molecule has 0 heterocycles. The van der Waals surface area contributed by atoms with Gasteiger partial charge < -0.3 is 9.84 Å². The maximum atomic E-state index is 9.51. The molecule has 1 N–H and O–H groups in total. The SMILES string of the molecule is CCOc1ccc(C(O)C(Cl)Cl)cc1. The number of benzene rings is 1. The molecule has 0 aromatic heterocycles. The maximum Gasteiger partial charge on any atom is 0.137 e. The molecule has 1 aromatic carbocycles. The summed E-state index contributed by atoms with van der Waals surface area (Å²) in [6.07, 6.45) is -0.853. The molecule has 0 aliphatic carbocycles. The van der Waals surface area contributed by atoms with E-state index in [-0.39, 0.29) is 0 Å². The summed E-state index contributed by atoms with van der Waals surface area (Å²) < 4.78 is 5.25. The van der Waals surface area contributed by atoms with Gasteiger partial charge in [-0.25, -0.2) is 0 Å². The summed E-state index contributed by atoms with van der Waals surface area (Å²) in [5.41, 5.74) is 0.684. The molecule has 1 rings (SSSR count). The fraction of sp³-hybridized carbons (Fsp3) is 0.400. The molecule has 2 nitrogen and oxygen atoms in total. The highest BCUT2D eigenvalue weighted by Gasteiger charge is 2.15. The van der Waals surface area contributed by atoms with Gasteiger partial charge in [-0.05, 0) is 24.6 Å². The molecule has 0 radical (unpaired) electrons. The molecule has 0 aliphatic heterocycles. The zero-order chi connectivity index (χ0) is 10.6. The van der Waals surface area contributed by atoms with Gasteiger partial charge >= 0.3 is 0 Å². The lowest BCUT2D eigenvalue weighted by atomic mass is 10.1. The second-order valence-corrected chi connectivity index (χ2v) is 3.95. The fourth-order valence-corrected chi connectivity index (χ4v) is 1.36. The van der Waals surface area contributed by atoms with Gasteiger partial charge in [-0.1, -0.05) is 12.1 Å². The van der Waals surface area contributed by atoms with Crippen LogP contribution in [0, 0.1) is 0 Å². The number of alkyl halides is 2. The van der Waals surface area contributed by atoms with Crippen molar-refractivity contribution in [1.82, 2.24) is 0 Å². The lowest BCUT2D eigenvalue weighted by Crippen LogP contribution is -2.05. The van der Waals surface area contributed by atoms with E-state index in [2.05, 4.69) is 0 Å². The Kier molecular flexibility index (Phi) is 4.52. The first-order chi connectivity index (χ1) is 6.65. The average molecular weight is 235 g/mol. The van der Waals surface area contributed by atoms with Gasteiger partial charge in [0.2, 0.25) is 0 Å². The standard InChI is InChI=1S/C10H12Cl2O2/c1-2-14-8-5-3-7(4-6-8)9(13)10(11)12/h3-6,9-10,13H,2H2,1H3. The van der Waals surface area contributed by atoms with Gasteiger partial charge in [0.25, 0.3) is 0 Å². The van der Waals surface area contributed by atoms with E-state index in [0.29, 0.717) is 12.2 Å². The summed E-state index contributed by atoms with van der Waals surface area (Å²) in [4.78, 5) is -0.812. The second-order valence-electron chi connectivity index (χ2n) is 2.78. The Balaban J connectivity index is 2.72. The van der Waals surface area contributed by atoms with Gasteiger partial charge in [0.05, 0.1) is 6.61 Å². The van der Waals surface area contributed by atoms with Crippen LogP contribution in [0.3, 0.4) is 0 Å². The highest BCUT2D eigenvalue weighted by Crippen LogP contribution is 2.25. The van der Waals surface area contributed by atoms with Gasteiger partial charge in [0, 0.05) is 0 Å². The van der Waals surface area contributed by atoms with Crippen LogP contribution in [0.1, 0.15) is 18.6 Å². The van der Waals surface area contributed by atoms with E-state index in [0.717, 1.165) is 5.75 Å². The van der Waals surface area contributed by atoms with Crippen molar-refractivity contribution in [3.8, 4) is 5.75 Å². The number of halogens is 2. The average Bonchev–Trinajstić information content (AvgIpc) is 2.18. The number of hydrogen-bond acceptors (Lipinski definition) is 2. The number of rotatable bonds is 4. The van der Waals surface area contributed by atoms with Crippen molar-refractivity contribution in [3.63, 3.8) is 0 Å². The lowest BCUT2D eigenvalue weighted by molar-refractivity contribution is 0.192. The predicted molar refractivity (Wildman–Crippen MR) is 58.1 cm³/mol. The molecule has 4 heteroatoms. The molecular weight excluding hydrogens is 223 g/mol. The molecule has 0 spiro atoms. The van der Waals surface area contributed by atoms with E-state index < -0.39 is 10.9 Å². The van der Waals surface area contributed by atoms with Crippen LogP contribution in [-0.4, -0.2) is 16.5 Å². The van der Waals surface area contributed by atoms with Gasteiger partial charge in [-0.3, -0.25) is 0 Å². The van der Waals surface area contributed by atoms with E-state index in [1.807, 2.05) is 6.92 Å². The van der Waals surface area contributed by atoms with E-state index in [4.69, 9.17) is 27.9 Å². The van der Waals surface area contributed by atoms with Gasteiger partial charge in [0.15, 0.2) is 0 Å². The fourth-order valence-electron chi connectivity index (χ4n) is 1.07. The highest BCUT2D eigenvalue weighted by atomic mass is 35.5. The van der Waals surface area contributed by atoms with Crippen molar-refractivity contribution in [2.75, 3.05) is 6.61 Å². The van der Waals surface area contributed by atoms with Crippen molar-refractivity contribution in [1.29, 1.82) is 0 Å². The van der Waals surface area contributed by atoms with Crippen molar-refractivity contribution in [2.24, 2.45) is 0 Å². The summed E-state index contributed by atoms with van der Waals surface area (Å²) in [7, 11) is 0. The minimum atomic E-state index is -0.853. The highest BCUT2D eigenvalue weighted by molar-refractivity contribution is 6.44. The van der Waals surface area contributed by atoms with Crippen LogP contribution >= 0.6 is 23.2 Å². The van der Waals surface area contributed by atoms with Crippen LogP contribution in [0.4, 0.5) is 0 Å².